The Kier molecular flexibility index (Phi) is 3.66. The van der Waals surface area contributed by atoms with Gasteiger partial charge >= 0.3 is 0 Å². The highest BCUT2D eigenvalue weighted by Gasteiger charge is 2.45. The molecule has 0 bridgehead atoms. The molecule has 1 heterocycles. The maximum atomic E-state index is 12.4. The van der Waals surface area contributed by atoms with E-state index in [1.807, 2.05) is 4.57 Å². The molecule has 5 nitrogen and oxygen atoms in total. The summed E-state index contributed by atoms with van der Waals surface area (Å²) in [6.45, 7) is 4.68. The molecule has 118 valence electrons. The Hall–Kier alpha value is -0.850. The van der Waals surface area contributed by atoms with Gasteiger partial charge in [-0.15, -0.1) is 0 Å². The Balaban J connectivity index is 1.75. The molecule has 2 N–H and O–H groups in total. The standard InChI is InChI=1S/C15H24N2O3S/c1-11(2)15(5-6-15)10-16-21(19,20)14-7-13(9-18)17(8-14)12-3-4-12/h7-8,11-12,16,18H,3-6,9-10H2,1-2H3. The Morgan fingerprint density at radius 2 is 2.10 bits per heavy atom. The Bertz CT molecular complexity index is 625. The minimum Gasteiger partial charge on any atom is -0.390 e. The van der Waals surface area contributed by atoms with E-state index < -0.39 is 10.0 Å². The molecule has 6 heteroatoms. The Morgan fingerprint density at radius 3 is 2.57 bits per heavy atom. The SMILES string of the molecule is CC(C)C1(CNS(=O)(=O)c2cc(CO)n(C3CC3)c2)CC1. The molecule has 0 amide bonds. The number of sulfonamides is 1. The first-order chi connectivity index (χ1) is 9.88. The van der Waals surface area contributed by atoms with Gasteiger partial charge in [0.2, 0.25) is 10.0 Å². The van der Waals surface area contributed by atoms with Crippen molar-refractivity contribution in [2.45, 2.75) is 57.1 Å². The van der Waals surface area contributed by atoms with Crippen molar-refractivity contribution in [3.8, 4) is 0 Å². The summed E-state index contributed by atoms with van der Waals surface area (Å²) in [5.41, 5.74) is 0.828. The number of hydrogen-bond donors (Lipinski definition) is 2. The van der Waals surface area contributed by atoms with E-state index in [1.54, 1.807) is 12.3 Å². The average molecular weight is 312 g/mol. The molecular formula is C15H24N2O3S. The highest BCUT2D eigenvalue weighted by atomic mass is 32.2. The van der Waals surface area contributed by atoms with Crippen molar-refractivity contribution in [2.24, 2.45) is 11.3 Å². The van der Waals surface area contributed by atoms with Crippen LogP contribution in [0.15, 0.2) is 17.2 Å². The summed E-state index contributed by atoms with van der Waals surface area (Å²) in [4.78, 5) is 0.276. The fourth-order valence-electron chi connectivity index (χ4n) is 2.90. The summed E-state index contributed by atoms with van der Waals surface area (Å²) in [6, 6.07) is 1.96. The van der Waals surface area contributed by atoms with Gasteiger partial charge in [0.05, 0.1) is 11.5 Å². The molecule has 3 rings (SSSR count). The molecule has 0 radical (unpaired) electrons. The second kappa shape index (κ2) is 5.11. The van der Waals surface area contributed by atoms with Gasteiger partial charge in [-0.05, 0) is 43.1 Å². The van der Waals surface area contributed by atoms with Crippen LogP contribution < -0.4 is 4.72 Å². The van der Waals surface area contributed by atoms with Gasteiger partial charge in [0.25, 0.3) is 0 Å². The Morgan fingerprint density at radius 1 is 1.43 bits per heavy atom. The van der Waals surface area contributed by atoms with Crippen LogP contribution in [0.1, 0.15) is 51.3 Å². The monoisotopic (exact) mass is 312 g/mol. The first-order valence-corrected chi connectivity index (χ1v) is 9.17. The third-order valence-electron chi connectivity index (χ3n) is 5.05. The van der Waals surface area contributed by atoms with Gasteiger partial charge in [0.1, 0.15) is 0 Å². The largest absolute Gasteiger partial charge is 0.390 e. The zero-order chi connectivity index (χ0) is 15.3. The molecule has 0 atom stereocenters. The summed E-state index contributed by atoms with van der Waals surface area (Å²) < 4.78 is 29.6. The second-order valence-corrected chi connectivity index (χ2v) is 8.57. The van der Waals surface area contributed by atoms with E-state index in [1.165, 1.54) is 0 Å². The van der Waals surface area contributed by atoms with Crippen LogP contribution in [-0.2, 0) is 16.6 Å². The zero-order valence-electron chi connectivity index (χ0n) is 12.7. The molecule has 2 aliphatic carbocycles. The van der Waals surface area contributed by atoms with Crippen molar-refractivity contribution >= 4 is 10.0 Å². The van der Waals surface area contributed by atoms with Crippen molar-refractivity contribution < 1.29 is 13.5 Å². The first-order valence-electron chi connectivity index (χ1n) is 7.69. The van der Waals surface area contributed by atoms with Crippen molar-refractivity contribution in [1.29, 1.82) is 0 Å². The number of aliphatic hydroxyl groups is 1. The molecule has 21 heavy (non-hydrogen) atoms. The van der Waals surface area contributed by atoms with Crippen LogP contribution in [0.3, 0.4) is 0 Å². The van der Waals surface area contributed by atoms with Crippen molar-refractivity contribution in [2.75, 3.05) is 6.54 Å². The third-order valence-corrected chi connectivity index (χ3v) is 6.42. The molecule has 0 saturated heterocycles. The molecule has 1 aromatic rings. The van der Waals surface area contributed by atoms with Crippen LogP contribution >= 0.6 is 0 Å². The molecule has 2 saturated carbocycles. The molecule has 1 aromatic heterocycles. The maximum absolute atomic E-state index is 12.4. The van der Waals surface area contributed by atoms with Crippen LogP contribution in [0.4, 0.5) is 0 Å². The summed E-state index contributed by atoms with van der Waals surface area (Å²) in [7, 11) is -3.49. The fraction of sp³-hybridized carbons (Fsp3) is 0.733. The van der Waals surface area contributed by atoms with E-state index in [-0.39, 0.29) is 16.9 Å². The number of aromatic nitrogens is 1. The van der Waals surface area contributed by atoms with Gasteiger partial charge in [0, 0.05) is 24.5 Å². The van der Waals surface area contributed by atoms with E-state index in [0.717, 1.165) is 25.7 Å². The average Bonchev–Trinajstić information content (AvgIpc) is 3.34. The minimum atomic E-state index is -3.49. The molecular weight excluding hydrogens is 288 g/mol. The van der Waals surface area contributed by atoms with E-state index in [0.29, 0.717) is 24.2 Å². The minimum absolute atomic E-state index is 0.123. The van der Waals surface area contributed by atoms with Gasteiger partial charge in [-0.1, -0.05) is 13.8 Å². The molecule has 0 unspecified atom stereocenters. The van der Waals surface area contributed by atoms with E-state index in [9.17, 15) is 13.5 Å². The number of hydrogen-bond acceptors (Lipinski definition) is 3. The van der Waals surface area contributed by atoms with Crippen LogP contribution in [0.2, 0.25) is 0 Å². The molecule has 0 aromatic carbocycles. The lowest BCUT2D eigenvalue weighted by Gasteiger charge is -2.19. The van der Waals surface area contributed by atoms with Crippen molar-refractivity contribution in [3.05, 3.63) is 18.0 Å². The maximum Gasteiger partial charge on any atom is 0.242 e. The van der Waals surface area contributed by atoms with E-state index in [2.05, 4.69) is 18.6 Å². The molecule has 2 fully saturated rings. The van der Waals surface area contributed by atoms with Crippen LogP contribution in [0.25, 0.3) is 0 Å². The number of nitrogens with zero attached hydrogens (tertiary/aromatic N) is 1. The van der Waals surface area contributed by atoms with Gasteiger partial charge in [-0.2, -0.15) is 0 Å². The lowest BCUT2D eigenvalue weighted by Crippen LogP contribution is -2.32. The van der Waals surface area contributed by atoms with Gasteiger partial charge in [0.15, 0.2) is 0 Å². The van der Waals surface area contributed by atoms with Crippen LogP contribution in [0, 0.1) is 11.3 Å². The van der Waals surface area contributed by atoms with Gasteiger partial charge in [-0.3, -0.25) is 0 Å². The number of aliphatic hydroxyl groups excluding tert-OH is 1. The predicted molar refractivity (Wildman–Crippen MR) is 80.3 cm³/mol. The summed E-state index contributed by atoms with van der Waals surface area (Å²) in [5, 5.41) is 9.38. The van der Waals surface area contributed by atoms with Gasteiger partial charge in [-0.25, -0.2) is 13.1 Å². The van der Waals surface area contributed by atoms with E-state index in [4.69, 9.17) is 0 Å². The highest BCUT2D eigenvalue weighted by molar-refractivity contribution is 7.89. The summed E-state index contributed by atoms with van der Waals surface area (Å²) in [6.07, 6.45) is 5.98. The summed E-state index contributed by atoms with van der Waals surface area (Å²) >= 11 is 0. The lowest BCUT2D eigenvalue weighted by atomic mass is 9.93. The smallest absolute Gasteiger partial charge is 0.242 e. The summed E-state index contributed by atoms with van der Waals surface area (Å²) in [5.74, 6) is 0.490. The van der Waals surface area contributed by atoms with Crippen LogP contribution in [0.5, 0.6) is 0 Å². The van der Waals surface area contributed by atoms with Crippen molar-refractivity contribution in [3.63, 3.8) is 0 Å². The quantitative estimate of drug-likeness (QED) is 0.809. The second-order valence-electron chi connectivity index (χ2n) is 6.81. The van der Waals surface area contributed by atoms with Crippen LogP contribution in [-0.4, -0.2) is 24.6 Å². The Labute approximate surface area is 126 Å². The normalized spacial score (nSPS) is 21.0. The lowest BCUT2D eigenvalue weighted by molar-refractivity contribution is 0.270. The van der Waals surface area contributed by atoms with Crippen molar-refractivity contribution in [1.82, 2.24) is 9.29 Å². The molecule has 2 aliphatic rings. The third kappa shape index (κ3) is 2.89. The predicted octanol–water partition coefficient (Wildman–Crippen LogP) is 2.03. The molecule has 0 spiro atoms. The molecule has 0 aliphatic heterocycles. The first kappa shape index (κ1) is 15.1. The highest BCUT2D eigenvalue weighted by Crippen LogP contribution is 2.51. The number of rotatable bonds is 7. The van der Waals surface area contributed by atoms with E-state index >= 15 is 0 Å². The van der Waals surface area contributed by atoms with Gasteiger partial charge < -0.3 is 9.67 Å². The topological polar surface area (TPSA) is 71.3 Å². The zero-order valence-corrected chi connectivity index (χ0v) is 13.5. The number of nitrogens with one attached hydrogen (secondary N) is 1. The fourth-order valence-corrected chi connectivity index (χ4v) is 4.09.